The number of benzene rings is 1. The van der Waals surface area contributed by atoms with Crippen molar-refractivity contribution in [3.05, 3.63) is 47.8 Å². The van der Waals surface area contributed by atoms with Gasteiger partial charge in [0.2, 0.25) is 0 Å². The largest absolute Gasteiger partial charge is 0.486 e. The summed E-state index contributed by atoms with van der Waals surface area (Å²) in [6.45, 7) is 9.01. The van der Waals surface area contributed by atoms with Gasteiger partial charge in [-0.25, -0.2) is 0 Å². The third-order valence-electron chi connectivity index (χ3n) is 6.41. The first kappa shape index (κ1) is 20.0. The maximum atomic E-state index is 6.30. The molecular formula is C24H33N3O2. The Morgan fingerprint density at radius 2 is 1.93 bits per heavy atom. The second kappa shape index (κ2) is 8.62. The van der Waals surface area contributed by atoms with Gasteiger partial charge in [-0.15, -0.1) is 0 Å². The van der Waals surface area contributed by atoms with Gasteiger partial charge in [0.1, 0.15) is 13.2 Å². The molecule has 29 heavy (non-hydrogen) atoms. The molecule has 1 fully saturated rings. The van der Waals surface area contributed by atoms with Crippen molar-refractivity contribution in [1.29, 1.82) is 0 Å². The topological polar surface area (TPSA) is 60.6 Å². The molecule has 156 valence electrons. The number of hydrogen-bond acceptors (Lipinski definition) is 5. The van der Waals surface area contributed by atoms with E-state index in [0.717, 1.165) is 68.2 Å². The summed E-state index contributed by atoms with van der Waals surface area (Å²) in [6.07, 6.45) is 6.36. The van der Waals surface area contributed by atoms with Crippen LogP contribution in [0.5, 0.6) is 11.5 Å². The molecule has 5 heteroatoms. The predicted octanol–water partition coefficient (Wildman–Crippen LogP) is 4.37. The highest BCUT2D eigenvalue weighted by molar-refractivity contribution is 5.49. The van der Waals surface area contributed by atoms with Crippen molar-refractivity contribution >= 4 is 5.69 Å². The van der Waals surface area contributed by atoms with Gasteiger partial charge >= 0.3 is 0 Å². The van der Waals surface area contributed by atoms with E-state index in [0.29, 0.717) is 19.1 Å². The van der Waals surface area contributed by atoms with Gasteiger partial charge in [-0.05, 0) is 56.5 Å². The third-order valence-corrected chi connectivity index (χ3v) is 6.41. The molecular weight excluding hydrogens is 362 g/mol. The van der Waals surface area contributed by atoms with Crippen LogP contribution in [0.3, 0.4) is 0 Å². The van der Waals surface area contributed by atoms with E-state index in [9.17, 15) is 0 Å². The minimum absolute atomic E-state index is 0.0181. The molecule has 1 saturated heterocycles. The van der Waals surface area contributed by atoms with Crippen LogP contribution in [-0.4, -0.2) is 42.7 Å². The van der Waals surface area contributed by atoms with Crippen molar-refractivity contribution < 1.29 is 9.47 Å². The van der Waals surface area contributed by atoms with Gasteiger partial charge in [0.15, 0.2) is 11.5 Å². The fourth-order valence-electron chi connectivity index (χ4n) is 5.06. The average Bonchev–Trinajstić information content (AvgIpc) is 2.74. The average molecular weight is 396 g/mol. The van der Waals surface area contributed by atoms with Crippen molar-refractivity contribution in [2.75, 3.05) is 38.6 Å². The molecule has 1 unspecified atom stereocenters. The van der Waals surface area contributed by atoms with Crippen molar-refractivity contribution in [3.63, 3.8) is 0 Å². The van der Waals surface area contributed by atoms with Crippen LogP contribution in [-0.2, 0) is 5.41 Å². The molecule has 1 aromatic carbocycles. The van der Waals surface area contributed by atoms with Crippen LogP contribution in [0.1, 0.15) is 56.7 Å². The van der Waals surface area contributed by atoms with Crippen LogP contribution in [0.15, 0.2) is 36.5 Å². The molecule has 2 aliphatic rings. The fraction of sp³-hybridized carbons (Fsp3) is 0.542. The number of nitrogens with two attached hydrogens (primary N) is 1. The Balaban J connectivity index is 1.45. The Hall–Kier alpha value is -2.27. The number of pyridine rings is 1. The summed E-state index contributed by atoms with van der Waals surface area (Å²) in [4.78, 5) is 7.25. The van der Waals surface area contributed by atoms with E-state index in [-0.39, 0.29) is 5.41 Å². The lowest BCUT2D eigenvalue weighted by Crippen LogP contribution is -2.43. The number of hydrogen-bond donors (Lipinski definition) is 1. The van der Waals surface area contributed by atoms with E-state index in [2.05, 4.69) is 35.9 Å². The maximum absolute atomic E-state index is 6.30. The normalized spacial score (nSPS) is 19.7. The maximum Gasteiger partial charge on any atom is 0.164 e. The van der Waals surface area contributed by atoms with Gasteiger partial charge in [0.25, 0.3) is 0 Å². The quantitative estimate of drug-likeness (QED) is 0.787. The first-order valence-electron chi connectivity index (χ1n) is 10.9. The number of nitrogen functional groups attached to an aromatic ring is 1. The molecule has 0 radical (unpaired) electrons. The van der Waals surface area contributed by atoms with Crippen LogP contribution in [0.25, 0.3) is 0 Å². The minimum atomic E-state index is -0.0181. The second-order valence-corrected chi connectivity index (χ2v) is 8.67. The molecule has 0 bridgehead atoms. The molecule has 1 aromatic heterocycles. The highest BCUT2D eigenvalue weighted by Crippen LogP contribution is 2.42. The number of rotatable bonds is 6. The highest BCUT2D eigenvalue weighted by Gasteiger charge is 2.34. The Kier molecular flexibility index (Phi) is 5.95. The smallest absolute Gasteiger partial charge is 0.164 e. The van der Waals surface area contributed by atoms with E-state index in [1.54, 1.807) is 0 Å². The highest BCUT2D eigenvalue weighted by atomic mass is 16.6. The van der Waals surface area contributed by atoms with Gasteiger partial charge in [0.05, 0.1) is 11.4 Å². The van der Waals surface area contributed by atoms with E-state index < -0.39 is 0 Å². The first-order chi connectivity index (χ1) is 14.1. The van der Waals surface area contributed by atoms with Crippen LogP contribution < -0.4 is 15.2 Å². The number of fused-ring (bicyclic) bond motifs is 1. The zero-order chi connectivity index (χ0) is 20.3. The van der Waals surface area contributed by atoms with Gasteiger partial charge in [-0.1, -0.05) is 32.4 Å². The van der Waals surface area contributed by atoms with Crippen LogP contribution in [0.4, 0.5) is 5.69 Å². The lowest BCUT2D eigenvalue weighted by atomic mass is 9.79. The Labute approximate surface area is 174 Å². The monoisotopic (exact) mass is 395 g/mol. The summed E-state index contributed by atoms with van der Waals surface area (Å²) >= 11 is 0. The van der Waals surface area contributed by atoms with Crippen LogP contribution in [0, 0.1) is 0 Å². The fourth-order valence-corrected chi connectivity index (χ4v) is 5.06. The summed E-state index contributed by atoms with van der Waals surface area (Å²) in [5.74, 6) is 2.40. The SMILES string of the molecule is CCCC(C)(CN1CCC(c2cccc3c2OCCO3)CC1)c1ncccc1N. The molecule has 2 aromatic rings. The van der Waals surface area contributed by atoms with E-state index >= 15 is 0 Å². The van der Waals surface area contributed by atoms with E-state index in [4.69, 9.17) is 15.2 Å². The Bertz CT molecular complexity index is 833. The Morgan fingerprint density at radius 1 is 1.14 bits per heavy atom. The second-order valence-electron chi connectivity index (χ2n) is 8.67. The molecule has 0 saturated carbocycles. The summed E-state index contributed by atoms with van der Waals surface area (Å²) in [7, 11) is 0. The number of likely N-dealkylation sites (tertiary alicyclic amines) is 1. The van der Waals surface area contributed by atoms with Crippen molar-refractivity contribution in [2.24, 2.45) is 0 Å². The number of para-hydroxylation sites is 1. The third kappa shape index (κ3) is 4.20. The van der Waals surface area contributed by atoms with E-state index in [1.807, 2.05) is 24.4 Å². The molecule has 5 nitrogen and oxygen atoms in total. The zero-order valence-corrected chi connectivity index (χ0v) is 17.7. The standard InChI is InChI=1S/C24H33N3O2/c1-3-11-24(2,23-20(25)7-5-12-26-23)17-27-13-9-18(10-14-27)19-6-4-8-21-22(19)29-16-15-28-21/h4-8,12,18H,3,9-11,13-17,25H2,1-2H3. The lowest BCUT2D eigenvalue weighted by Gasteiger charge is -2.39. The molecule has 4 rings (SSSR count). The molecule has 2 N–H and O–H groups in total. The molecule has 0 amide bonds. The summed E-state index contributed by atoms with van der Waals surface area (Å²) < 4.78 is 11.7. The van der Waals surface area contributed by atoms with Crippen LogP contribution >= 0.6 is 0 Å². The van der Waals surface area contributed by atoms with Gasteiger partial charge < -0.3 is 20.1 Å². The summed E-state index contributed by atoms with van der Waals surface area (Å²) in [5, 5.41) is 0. The first-order valence-corrected chi connectivity index (χ1v) is 10.9. The molecule has 0 spiro atoms. The number of nitrogens with zero attached hydrogens (tertiary/aromatic N) is 2. The van der Waals surface area contributed by atoms with Crippen molar-refractivity contribution in [1.82, 2.24) is 9.88 Å². The lowest BCUT2D eigenvalue weighted by molar-refractivity contribution is 0.154. The van der Waals surface area contributed by atoms with Crippen molar-refractivity contribution in [3.8, 4) is 11.5 Å². The number of aromatic nitrogens is 1. The number of ether oxygens (including phenoxy) is 2. The molecule has 2 aliphatic heterocycles. The summed E-state index contributed by atoms with van der Waals surface area (Å²) in [5.41, 5.74) is 9.45. The van der Waals surface area contributed by atoms with Crippen LogP contribution in [0.2, 0.25) is 0 Å². The van der Waals surface area contributed by atoms with Gasteiger partial charge in [-0.2, -0.15) is 0 Å². The number of piperidine rings is 1. The minimum Gasteiger partial charge on any atom is -0.486 e. The Morgan fingerprint density at radius 3 is 2.69 bits per heavy atom. The zero-order valence-electron chi connectivity index (χ0n) is 17.7. The van der Waals surface area contributed by atoms with E-state index in [1.165, 1.54) is 5.56 Å². The van der Waals surface area contributed by atoms with Crippen molar-refractivity contribution in [2.45, 2.75) is 50.9 Å². The molecule has 3 heterocycles. The number of anilines is 1. The predicted molar refractivity (Wildman–Crippen MR) is 117 cm³/mol. The summed E-state index contributed by atoms with van der Waals surface area (Å²) in [6, 6.07) is 10.2. The van der Waals surface area contributed by atoms with Gasteiger partial charge in [-0.3, -0.25) is 4.98 Å². The molecule has 0 aliphatic carbocycles. The molecule has 1 atom stereocenters. The van der Waals surface area contributed by atoms with Gasteiger partial charge in [0, 0.05) is 23.7 Å².